The lowest BCUT2D eigenvalue weighted by Gasteiger charge is -2.24. The molecule has 0 aliphatic carbocycles. The summed E-state index contributed by atoms with van der Waals surface area (Å²) < 4.78 is 11.1. The second kappa shape index (κ2) is 7.05. The van der Waals surface area contributed by atoms with Gasteiger partial charge in [-0.15, -0.1) is 0 Å². The molecule has 5 heteroatoms. The van der Waals surface area contributed by atoms with Gasteiger partial charge in [0, 0.05) is 19.7 Å². The minimum absolute atomic E-state index is 0.194. The van der Waals surface area contributed by atoms with Crippen LogP contribution in [0.5, 0.6) is 0 Å². The molecule has 2 rings (SSSR count). The van der Waals surface area contributed by atoms with E-state index in [1.165, 1.54) is 5.56 Å². The van der Waals surface area contributed by atoms with Crippen LogP contribution < -0.4 is 0 Å². The van der Waals surface area contributed by atoms with E-state index in [1.54, 1.807) is 13.9 Å². The third-order valence-corrected chi connectivity index (χ3v) is 3.65. The Morgan fingerprint density at radius 1 is 1.37 bits per heavy atom. The monoisotopic (exact) mass is 263 g/mol. The molecule has 1 heterocycles. The summed E-state index contributed by atoms with van der Waals surface area (Å²) in [4.78, 5) is 2.04. The number of ether oxygens (including phenoxy) is 2. The molecule has 0 spiro atoms. The van der Waals surface area contributed by atoms with Gasteiger partial charge in [-0.3, -0.25) is 0 Å². The molecule has 1 aromatic carbocycles. The second-order valence-electron chi connectivity index (χ2n) is 5.08. The Hall–Kier alpha value is -0.875. The SMILES string of the molecule is COC1C[C@@H](COCc2ccccc2)N(B(C)O)C1. The maximum atomic E-state index is 9.77. The topological polar surface area (TPSA) is 41.9 Å². The van der Waals surface area contributed by atoms with E-state index in [2.05, 4.69) is 12.1 Å². The largest absolute Gasteiger partial charge is 0.437 e. The molecule has 19 heavy (non-hydrogen) atoms. The standard InChI is InChI=1S/C14H22BNO3/c1-15(17)16-9-14(18-2)8-13(16)11-19-10-12-6-4-3-5-7-12/h3-7,13-14,17H,8-11H2,1-2H3/t13-,14?/m0/s1. The summed E-state index contributed by atoms with van der Waals surface area (Å²) in [6, 6.07) is 10.4. The van der Waals surface area contributed by atoms with Gasteiger partial charge in [-0.2, -0.15) is 0 Å². The van der Waals surface area contributed by atoms with Gasteiger partial charge in [0.05, 0.1) is 19.3 Å². The molecule has 2 atom stereocenters. The van der Waals surface area contributed by atoms with Gasteiger partial charge in [0.1, 0.15) is 0 Å². The van der Waals surface area contributed by atoms with Crippen molar-refractivity contribution in [2.45, 2.75) is 32.0 Å². The van der Waals surface area contributed by atoms with Crippen molar-refractivity contribution < 1.29 is 14.5 Å². The van der Waals surface area contributed by atoms with Crippen molar-refractivity contribution in [1.82, 2.24) is 4.81 Å². The van der Waals surface area contributed by atoms with Crippen LogP contribution in [0.1, 0.15) is 12.0 Å². The van der Waals surface area contributed by atoms with E-state index < -0.39 is 7.05 Å². The van der Waals surface area contributed by atoms with Gasteiger partial charge in [-0.25, -0.2) is 0 Å². The van der Waals surface area contributed by atoms with Gasteiger partial charge in [-0.1, -0.05) is 30.3 Å². The zero-order valence-electron chi connectivity index (χ0n) is 11.7. The van der Waals surface area contributed by atoms with E-state index in [9.17, 15) is 5.02 Å². The predicted octanol–water partition coefficient (Wildman–Crippen LogP) is 1.40. The smallest absolute Gasteiger partial charge is 0.376 e. The van der Waals surface area contributed by atoms with E-state index >= 15 is 0 Å². The molecule has 1 saturated heterocycles. The van der Waals surface area contributed by atoms with Crippen molar-refractivity contribution in [2.24, 2.45) is 0 Å². The van der Waals surface area contributed by atoms with Gasteiger partial charge in [0.25, 0.3) is 0 Å². The number of methoxy groups -OCH3 is 1. The summed E-state index contributed by atoms with van der Waals surface area (Å²) >= 11 is 0. The first-order chi connectivity index (χ1) is 9.20. The molecule has 0 bridgehead atoms. The van der Waals surface area contributed by atoms with Crippen LogP contribution in [0.25, 0.3) is 0 Å². The average molecular weight is 263 g/mol. The highest BCUT2D eigenvalue weighted by Gasteiger charge is 2.36. The van der Waals surface area contributed by atoms with Gasteiger partial charge in [0.2, 0.25) is 0 Å². The number of benzene rings is 1. The molecule has 1 N–H and O–H groups in total. The lowest BCUT2D eigenvalue weighted by atomic mass is 9.84. The van der Waals surface area contributed by atoms with Gasteiger partial charge in [0.15, 0.2) is 0 Å². The molecule has 0 aromatic heterocycles. The lowest BCUT2D eigenvalue weighted by Crippen LogP contribution is -2.43. The highest BCUT2D eigenvalue weighted by Crippen LogP contribution is 2.21. The Bertz CT molecular complexity index is 374. The Morgan fingerprint density at radius 3 is 2.74 bits per heavy atom. The fourth-order valence-electron chi connectivity index (χ4n) is 2.58. The summed E-state index contributed by atoms with van der Waals surface area (Å²) in [5.74, 6) is 0. The van der Waals surface area contributed by atoms with E-state index in [1.807, 2.05) is 23.0 Å². The molecule has 104 valence electrons. The van der Waals surface area contributed by atoms with Crippen molar-refractivity contribution in [3.63, 3.8) is 0 Å². The maximum Gasteiger partial charge on any atom is 0.376 e. The number of hydrogen-bond donors (Lipinski definition) is 1. The predicted molar refractivity (Wildman–Crippen MR) is 75.8 cm³/mol. The maximum absolute atomic E-state index is 9.77. The molecular weight excluding hydrogens is 241 g/mol. The summed E-state index contributed by atoms with van der Waals surface area (Å²) in [5, 5.41) is 9.77. The Balaban J connectivity index is 1.81. The summed E-state index contributed by atoms with van der Waals surface area (Å²) in [7, 11) is 1.27. The first kappa shape index (κ1) is 14.5. The zero-order chi connectivity index (χ0) is 13.7. The molecule has 4 nitrogen and oxygen atoms in total. The fourth-order valence-corrected chi connectivity index (χ4v) is 2.58. The minimum atomic E-state index is -0.453. The van der Waals surface area contributed by atoms with Gasteiger partial charge < -0.3 is 19.3 Å². The van der Waals surface area contributed by atoms with E-state index in [0.29, 0.717) is 13.2 Å². The Kier molecular flexibility index (Phi) is 5.40. The highest BCUT2D eigenvalue weighted by molar-refractivity contribution is 6.45. The summed E-state index contributed by atoms with van der Waals surface area (Å²) in [6.07, 6.45) is 1.11. The molecule has 1 aliphatic rings. The van der Waals surface area contributed by atoms with E-state index in [0.717, 1.165) is 13.0 Å². The number of hydrogen-bond acceptors (Lipinski definition) is 4. The third-order valence-electron chi connectivity index (χ3n) is 3.65. The molecule has 0 saturated carbocycles. The van der Waals surface area contributed by atoms with Crippen LogP contribution in [0.15, 0.2) is 30.3 Å². The van der Waals surface area contributed by atoms with Crippen LogP contribution in [0.2, 0.25) is 6.82 Å². The normalized spacial score (nSPS) is 23.7. The van der Waals surface area contributed by atoms with Crippen LogP contribution in [0.3, 0.4) is 0 Å². The average Bonchev–Trinajstić information content (AvgIpc) is 2.83. The number of rotatable bonds is 6. The first-order valence-corrected chi connectivity index (χ1v) is 6.79. The van der Waals surface area contributed by atoms with Crippen molar-refractivity contribution in [3.8, 4) is 0 Å². The fraction of sp³-hybridized carbons (Fsp3) is 0.571. The molecule has 1 aliphatic heterocycles. The van der Waals surface area contributed by atoms with Gasteiger partial charge >= 0.3 is 7.05 Å². The van der Waals surface area contributed by atoms with Crippen molar-refractivity contribution in [1.29, 1.82) is 0 Å². The minimum Gasteiger partial charge on any atom is -0.437 e. The summed E-state index contributed by atoms with van der Waals surface area (Å²) in [6.45, 7) is 3.80. The second-order valence-corrected chi connectivity index (χ2v) is 5.08. The van der Waals surface area contributed by atoms with Gasteiger partial charge in [-0.05, 0) is 18.8 Å². The zero-order valence-corrected chi connectivity index (χ0v) is 11.7. The number of nitrogens with zero attached hydrogens (tertiary/aromatic N) is 1. The van der Waals surface area contributed by atoms with Crippen LogP contribution in [-0.2, 0) is 16.1 Å². The summed E-state index contributed by atoms with van der Waals surface area (Å²) in [5.41, 5.74) is 1.17. The van der Waals surface area contributed by atoms with Crippen molar-refractivity contribution in [2.75, 3.05) is 20.3 Å². The lowest BCUT2D eigenvalue weighted by molar-refractivity contribution is 0.0803. The van der Waals surface area contributed by atoms with Crippen molar-refractivity contribution in [3.05, 3.63) is 35.9 Å². The Morgan fingerprint density at radius 2 is 2.11 bits per heavy atom. The third kappa shape index (κ3) is 4.04. The van der Waals surface area contributed by atoms with Crippen LogP contribution in [-0.4, -0.2) is 49.3 Å². The van der Waals surface area contributed by atoms with E-state index in [4.69, 9.17) is 9.47 Å². The molecule has 0 radical (unpaired) electrons. The molecule has 1 unspecified atom stereocenters. The van der Waals surface area contributed by atoms with Crippen LogP contribution >= 0.6 is 0 Å². The van der Waals surface area contributed by atoms with Crippen molar-refractivity contribution >= 4 is 7.05 Å². The molecule has 0 amide bonds. The molecule has 1 aromatic rings. The highest BCUT2D eigenvalue weighted by atomic mass is 16.5. The molecular formula is C14H22BNO3. The van der Waals surface area contributed by atoms with Crippen LogP contribution in [0, 0.1) is 0 Å². The first-order valence-electron chi connectivity index (χ1n) is 6.79. The molecule has 1 fully saturated rings. The van der Waals surface area contributed by atoms with E-state index in [-0.39, 0.29) is 12.1 Å². The van der Waals surface area contributed by atoms with Crippen LogP contribution in [0.4, 0.5) is 0 Å². The quantitative estimate of drug-likeness (QED) is 0.788. The Labute approximate surface area is 115 Å².